The molecule has 1 aromatic carbocycles. The second kappa shape index (κ2) is 3.54. The van der Waals surface area contributed by atoms with Crippen LogP contribution in [0.3, 0.4) is 0 Å². The van der Waals surface area contributed by atoms with Gasteiger partial charge in [-0.05, 0) is 43.9 Å². The van der Waals surface area contributed by atoms with Crippen LogP contribution in [0.4, 0.5) is 10.1 Å². The largest absolute Gasteiger partial charge is 0.365 e. The SMILES string of the molecule is Cc1ccc(NC2(C#N)CCC2)c(F)c1. The van der Waals surface area contributed by atoms with E-state index in [4.69, 9.17) is 5.26 Å². The van der Waals surface area contributed by atoms with Gasteiger partial charge in [-0.3, -0.25) is 0 Å². The van der Waals surface area contributed by atoms with Crippen LogP contribution in [0.2, 0.25) is 0 Å². The van der Waals surface area contributed by atoms with E-state index < -0.39 is 5.54 Å². The van der Waals surface area contributed by atoms with Crippen molar-refractivity contribution in [2.75, 3.05) is 5.32 Å². The maximum absolute atomic E-state index is 13.5. The highest BCUT2D eigenvalue weighted by atomic mass is 19.1. The van der Waals surface area contributed by atoms with Crippen molar-refractivity contribution in [1.82, 2.24) is 0 Å². The van der Waals surface area contributed by atoms with Crippen molar-refractivity contribution in [3.8, 4) is 6.07 Å². The molecule has 3 heteroatoms. The molecule has 15 heavy (non-hydrogen) atoms. The highest BCUT2D eigenvalue weighted by Crippen LogP contribution is 2.35. The van der Waals surface area contributed by atoms with Crippen molar-refractivity contribution in [3.05, 3.63) is 29.6 Å². The lowest BCUT2D eigenvalue weighted by Crippen LogP contribution is -2.43. The number of rotatable bonds is 2. The number of nitrogens with one attached hydrogen (secondary N) is 1. The number of benzene rings is 1. The van der Waals surface area contributed by atoms with Crippen LogP contribution < -0.4 is 5.32 Å². The average Bonchev–Trinajstić information content (AvgIpc) is 2.14. The third-order valence-corrected chi connectivity index (χ3v) is 2.92. The van der Waals surface area contributed by atoms with Crippen LogP contribution in [0.1, 0.15) is 24.8 Å². The lowest BCUT2D eigenvalue weighted by molar-refractivity contribution is 0.355. The molecule has 1 aromatic rings. The number of halogens is 1. The Kier molecular flexibility index (Phi) is 2.36. The summed E-state index contributed by atoms with van der Waals surface area (Å²) >= 11 is 0. The van der Waals surface area contributed by atoms with Crippen molar-refractivity contribution in [2.24, 2.45) is 0 Å². The summed E-state index contributed by atoms with van der Waals surface area (Å²) in [6, 6.07) is 7.24. The molecule has 1 aliphatic rings. The van der Waals surface area contributed by atoms with E-state index in [2.05, 4.69) is 11.4 Å². The Hall–Kier alpha value is -1.56. The standard InChI is InChI=1S/C12H13FN2/c1-9-3-4-11(10(13)7-9)15-12(8-14)5-2-6-12/h3-4,7,15H,2,5-6H2,1H3. The smallest absolute Gasteiger partial charge is 0.146 e. The number of nitriles is 1. The van der Waals surface area contributed by atoms with Gasteiger partial charge < -0.3 is 5.32 Å². The number of aryl methyl sites for hydroxylation is 1. The molecule has 0 unspecified atom stereocenters. The lowest BCUT2D eigenvalue weighted by atomic mass is 9.78. The van der Waals surface area contributed by atoms with E-state index in [-0.39, 0.29) is 5.82 Å². The molecule has 0 saturated heterocycles. The first-order chi connectivity index (χ1) is 7.15. The van der Waals surface area contributed by atoms with Gasteiger partial charge in [-0.25, -0.2) is 4.39 Å². The van der Waals surface area contributed by atoms with Gasteiger partial charge in [0.05, 0.1) is 11.8 Å². The predicted molar refractivity (Wildman–Crippen MR) is 57.0 cm³/mol. The average molecular weight is 204 g/mol. The Bertz CT molecular complexity index is 416. The van der Waals surface area contributed by atoms with Crippen LogP contribution in [-0.2, 0) is 0 Å². The van der Waals surface area contributed by atoms with Crippen molar-refractivity contribution < 1.29 is 4.39 Å². The van der Waals surface area contributed by atoms with Crippen LogP contribution >= 0.6 is 0 Å². The molecule has 0 atom stereocenters. The molecule has 78 valence electrons. The van der Waals surface area contributed by atoms with Gasteiger partial charge in [0.25, 0.3) is 0 Å². The molecule has 0 radical (unpaired) electrons. The molecule has 1 fully saturated rings. The third-order valence-electron chi connectivity index (χ3n) is 2.92. The highest BCUT2D eigenvalue weighted by molar-refractivity contribution is 5.51. The number of hydrogen-bond acceptors (Lipinski definition) is 2. The molecular weight excluding hydrogens is 191 g/mol. The molecule has 1 saturated carbocycles. The van der Waals surface area contributed by atoms with Crippen LogP contribution in [0.15, 0.2) is 18.2 Å². The molecule has 1 aliphatic carbocycles. The lowest BCUT2D eigenvalue weighted by Gasteiger charge is -2.36. The molecule has 2 rings (SSSR count). The van der Waals surface area contributed by atoms with Crippen LogP contribution in [0.5, 0.6) is 0 Å². The van der Waals surface area contributed by atoms with Gasteiger partial charge >= 0.3 is 0 Å². The molecule has 0 spiro atoms. The summed E-state index contributed by atoms with van der Waals surface area (Å²) in [5, 5.41) is 12.0. The van der Waals surface area contributed by atoms with Crippen molar-refractivity contribution in [1.29, 1.82) is 5.26 Å². The Morgan fingerprint density at radius 2 is 2.20 bits per heavy atom. The Morgan fingerprint density at radius 1 is 1.47 bits per heavy atom. The van der Waals surface area contributed by atoms with Gasteiger partial charge in [-0.2, -0.15) is 5.26 Å². The zero-order valence-electron chi connectivity index (χ0n) is 8.68. The van der Waals surface area contributed by atoms with Gasteiger partial charge in [-0.15, -0.1) is 0 Å². The molecule has 0 aromatic heterocycles. The van der Waals surface area contributed by atoms with Crippen LogP contribution in [0.25, 0.3) is 0 Å². The van der Waals surface area contributed by atoms with Gasteiger partial charge in [0.2, 0.25) is 0 Å². The van der Waals surface area contributed by atoms with Gasteiger partial charge in [0, 0.05) is 0 Å². The van der Waals surface area contributed by atoms with Crippen molar-refractivity contribution >= 4 is 5.69 Å². The minimum absolute atomic E-state index is 0.281. The summed E-state index contributed by atoms with van der Waals surface area (Å²) in [5.74, 6) is -0.281. The van der Waals surface area contributed by atoms with Crippen LogP contribution in [0, 0.1) is 24.1 Å². The summed E-state index contributed by atoms with van der Waals surface area (Å²) in [6.45, 7) is 1.84. The fourth-order valence-electron chi connectivity index (χ4n) is 1.77. The first-order valence-corrected chi connectivity index (χ1v) is 5.11. The summed E-state index contributed by atoms with van der Waals surface area (Å²) < 4.78 is 13.5. The number of anilines is 1. The fraction of sp³-hybridized carbons (Fsp3) is 0.417. The summed E-state index contributed by atoms with van der Waals surface area (Å²) in [5.41, 5.74) is 0.787. The van der Waals surface area contributed by atoms with E-state index in [0.29, 0.717) is 5.69 Å². The number of nitrogens with zero attached hydrogens (tertiary/aromatic N) is 1. The summed E-state index contributed by atoms with van der Waals surface area (Å²) in [7, 11) is 0. The minimum Gasteiger partial charge on any atom is -0.365 e. The van der Waals surface area contributed by atoms with E-state index in [1.807, 2.05) is 13.0 Å². The van der Waals surface area contributed by atoms with E-state index in [1.54, 1.807) is 6.07 Å². The van der Waals surface area contributed by atoms with Gasteiger partial charge in [0.15, 0.2) is 0 Å². The molecule has 0 bridgehead atoms. The van der Waals surface area contributed by atoms with Crippen molar-refractivity contribution in [3.63, 3.8) is 0 Å². The maximum Gasteiger partial charge on any atom is 0.146 e. The predicted octanol–water partition coefficient (Wildman–Crippen LogP) is 2.99. The van der Waals surface area contributed by atoms with Crippen LogP contribution in [-0.4, -0.2) is 5.54 Å². The normalized spacial score (nSPS) is 17.7. The van der Waals surface area contributed by atoms with E-state index in [0.717, 1.165) is 24.8 Å². The quantitative estimate of drug-likeness (QED) is 0.803. The molecule has 1 N–H and O–H groups in total. The molecular formula is C12H13FN2. The topological polar surface area (TPSA) is 35.8 Å². The first kappa shape index (κ1) is 9.97. The highest BCUT2D eigenvalue weighted by Gasteiger charge is 2.37. The monoisotopic (exact) mass is 204 g/mol. The summed E-state index contributed by atoms with van der Waals surface area (Å²) in [6.07, 6.45) is 2.64. The van der Waals surface area contributed by atoms with E-state index in [9.17, 15) is 4.39 Å². The fourth-order valence-corrected chi connectivity index (χ4v) is 1.77. The molecule has 2 nitrogen and oxygen atoms in total. The van der Waals surface area contributed by atoms with Gasteiger partial charge in [-0.1, -0.05) is 6.07 Å². The zero-order chi connectivity index (χ0) is 10.9. The summed E-state index contributed by atoms with van der Waals surface area (Å²) in [4.78, 5) is 0. The second-order valence-corrected chi connectivity index (χ2v) is 4.16. The van der Waals surface area contributed by atoms with E-state index >= 15 is 0 Å². The third kappa shape index (κ3) is 1.80. The number of hydrogen-bond donors (Lipinski definition) is 1. The molecule has 0 amide bonds. The van der Waals surface area contributed by atoms with Crippen molar-refractivity contribution in [2.45, 2.75) is 31.7 Å². The Labute approximate surface area is 88.7 Å². The Balaban J connectivity index is 2.21. The minimum atomic E-state index is -0.532. The zero-order valence-corrected chi connectivity index (χ0v) is 8.68. The van der Waals surface area contributed by atoms with Gasteiger partial charge in [0.1, 0.15) is 11.4 Å². The molecule has 0 heterocycles. The molecule has 0 aliphatic heterocycles. The first-order valence-electron chi connectivity index (χ1n) is 5.11. The Morgan fingerprint density at radius 3 is 2.67 bits per heavy atom. The second-order valence-electron chi connectivity index (χ2n) is 4.16. The maximum atomic E-state index is 13.5. The van der Waals surface area contributed by atoms with E-state index in [1.165, 1.54) is 6.07 Å².